The van der Waals surface area contributed by atoms with Gasteiger partial charge in [0.15, 0.2) is 5.82 Å². The molecule has 3 rings (SSSR count). The molecule has 0 bridgehead atoms. The molecule has 0 radical (unpaired) electrons. The van der Waals surface area contributed by atoms with Crippen LogP contribution >= 0.6 is 11.6 Å². The number of hydrogen-bond acceptors (Lipinski definition) is 5. The molecule has 4 N–H and O–H groups in total. The van der Waals surface area contributed by atoms with E-state index in [2.05, 4.69) is 5.10 Å². The lowest BCUT2D eigenvalue weighted by Gasteiger charge is -2.07. The van der Waals surface area contributed by atoms with E-state index < -0.39 is 17.6 Å². The first kappa shape index (κ1) is 20.3. The molecule has 0 atom stereocenters. The molecule has 0 unspecified atom stereocenters. The number of aromatic carboxylic acids is 1. The van der Waals surface area contributed by atoms with E-state index >= 15 is 0 Å². The van der Waals surface area contributed by atoms with Crippen molar-refractivity contribution >= 4 is 23.5 Å². The van der Waals surface area contributed by atoms with Crippen molar-refractivity contribution in [2.24, 2.45) is 5.84 Å². The van der Waals surface area contributed by atoms with Crippen LogP contribution in [-0.4, -0.2) is 31.3 Å². The summed E-state index contributed by atoms with van der Waals surface area (Å²) in [5.41, 5.74) is 3.07. The van der Waals surface area contributed by atoms with Crippen LogP contribution in [0.15, 0.2) is 53.3 Å². The van der Waals surface area contributed by atoms with Crippen molar-refractivity contribution in [1.82, 2.24) is 19.8 Å². The van der Waals surface area contributed by atoms with E-state index in [1.807, 2.05) is 5.43 Å². The van der Waals surface area contributed by atoms with E-state index in [-0.39, 0.29) is 18.7 Å². The number of aryl methyl sites for hydroxylation is 1. The van der Waals surface area contributed by atoms with Gasteiger partial charge in [-0.1, -0.05) is 23.7 Å². The summed E-state index contributed by atoms with van der Waals surface area (Å²) in [4.78, 5) is 35.6. The zero-order chi connectivity index (χ0) is 21.0. The van der Waals surface area contributed by atoms with Crippen LogP contribution in [0.4, 0.5) is 0 Å². The molecular formula is C19H18ClN5O4. The van der Waals surface area contributed by atoms with Crippen LogP contribution in [0.2, 0.25) is 5.02 Å². The number of hydrazine groups is 1. The number of carbonyl (C=O) groups excluding carboxylic acids is 1. The third kappa shape index (κ3) is 4.71. The molecule has 29 heavy (non-hydrogen) atoms. The Bertz CT molecular complexity index is 1100. The molecule has 3 aromatic rings. The lowest BCUT2D eigenvalue weighted by molar-refractivity contribution is -0.121. The maximum atomic E-state index is 12.8. The number of aromatic nitrogens is 3. The zero-order valence-corrected chi connectivity index (χ0v) is 16.0. The van der Waals surface area contributed by atoms with E-state index in [9.17, 15) is 14.4 Å². The maximum Gasteiger partial charge on any atom is 0.346 e. The number of carboxylic acid groups (broad SMARTS) is 1. The minimum absolute atomic E-state index is 0.170. The van der Waals surface area contributed by atoms with Gasteiger partial charge in [0.1, 0.15) is 6.54 Å². The molecule has 10 heteroatoms. The molecule has 0 aliphatic heterocycles. The second-order valence-corrected chi connectivity index (χ2v) is 6.68. The minimum atomic E-state index is -1.02. The largest absolute Gasteiger partial charge is 0.478 e. The molecule has 0 fully saturated rings. The number of nitrogens with two attached hydrogens (primary N) is 1. The Labute approximate surface area is 170 Å². The van der Waals surface area contributed by atoms with Crippen LogP contribution in [0.25, 0.3) is 11.4 Å². The second kappa shape index (κ2) is 8.72. The van der Waals surface area contributed by atoms with Gasteiger partial charge in [0.25, 0.3) is 5.91 Å². The van der Waals surface area contributed by atoms with Crippen LogP contribution in [0.3, 0.4) is 0 Å². The van der Waals surface area contributed by atoms with E-state index in [1.165, 1.54) is 10.6 Å². The van der Waals surface area contributed by atoms with Gasteiger partial charge in [0, 0.05) is 17.1 Å². The van der Waals surface area contributed by atoms with Crippen LogP contribution in [-0.2, 0) is 24.3 Å². The van der Waals surface area contributed by atoms with Gasteiger partial charge in [0.05, 0.1) is 5.56 Å². The number of carbonyl (C=O) groups is 2. The first-order valence-electron chi connectivity index (χ1n) is 8.64. The minimum Gasteiger partial charge on any atom is -0.478 e. The predicted octanol–water partition coefficient (Wildman–Crippen LogP) is 1.30. The van der Waals surface area contributed by atoms with Gasteiger partial charge in [-0.15, -0.1) is 5.10 Å². The monoisotopic (exact) mass is 415 g/mol. The Morgan fingerprint density at radius 2 is 1.90 bits per heavy atom. The van der Waals surface area contributed by atoms with Crippen molar-refractivity contribution in [3.63, 3.8) is 0 Å². The molecule has 1 heterocycles. The quantitative estimate of drug-likeness (QED) is 0.302. The Balaban J connectivity index is 1.96. The molecule has 0 spiro atoms. The number of halogens is 1. The standard InChI is InChI=1S/C19H18ClN5O4/c20-15-6-4-13(5-7-15)17-23-25(11-16(26)22-21)19(29)24(17)9-8-12-2-1-3-14(10-12)18(27)28/h1-7,10H,8-9,11,21H2,(H,22,26)(H,27,28). The summed E-state index contributed by atoms with van der Waals surface area (Å²) in [6, 6.07) is 13.3. The van der Waals surface area contributed by atoms with Crippen LogP contribution in [0.5, 0.6) is 0 Å². The highest BCUT2D eigenvalue weighted by Crippen LogP contribution is 2.19. The fourth-order valence-electron chi connectivity index (χ4n) is 2.84. The van der Waals surface area contributed by atoms with Gasteiger partial charge < -0.3 is 5.11 Å². The van der Waals surface area contributed by atoms with Gasteiger partial charge in [0.2, 0.25) is 0 Å². The molecule has 0 aliphatic carbocycles. The average Bonchev–Trinajstić information content (AvgIpc) is 3.02. The summed E-state index contributed by atoms with van der Waals surface area (Å²) >= 11 is 5.94. The summed E-state index contributed by atoms with van der Waals surface area (Å²) in [5, 5.41) is 13.9. The normalized spacial score (nSPS) is 10.7. The number of rotatable bonds is 7. The number of nitrogens with one attached hydrogen (secondary N) is 1. The zero-order valence-electron chi connectivity index (χ0n) is 15.2. The highest BCUT2D eigenvalue weighted by molar-refractivity contribution is 6.30. The highest BCUT2D eigenvalue weighted by atomic mass is 35.5. The van der Waals surface area contributed by atoms with E-state index in [4.69, 9.17) is 22.6 Å². The lowest BCUT2D eigenvalue weighted by Crippen LogP contribution is -2.37. The number of carboxylic acids is 1. The summed E-state index contributed by atoms with van der Waals surface area (Å²) < 4.78 is 2.46. The summed E-state index contributed by atoms with van der Waals surface area (Å²) in [7, 11) is 0. The molecule has 0 aliphatic rings. The van der Waals surface area contributed by atoms with Gasteiger partial charge >= 0.3 is 11.7 Å². The van der Waals surface area contributed by atoms with Crippen molar-refractivity contribution in [2.75, 3.05) is 0 Å². The second-order valence-electron chi connectivity index (χ2n) is 6.25. The van der Waals surface area contributed by atoms with Crippen molar-refractivity contribution in [3.8, 4) is 11.4 Å². The van der Waals surface area contributed by atoms with E-state index in [1.54, 1.807) is 42.5 Å². The SMILES string of the molecule is NNC(=O)Cn1nc(-c2ccc(Cl)cc2)n(CCc2cccc(C(=O)O)c2)c1=O. The van der Waals surface area contributed by atoms with Gasteiger partial charge in [-0.2, -0.15) is 0 Å². The van der Waals surface area contributed by atoms with Crippen LogP contribution < -0.4 is 17.0 Å². The van der Waals surface area contributed by atoms with E-state index in [0.29, 0.717) is 22.8 Å². The van der Waals surface area contributed by atoms with Crippen molar-refractivity contribution in [2.45, 2.75) is 19.5 Å². The van der Waals surface area contributed by atoms with Gasteiger partial charge in [-0.05, 0) is 48.4 Å². The third-order valence-corrected chi connectivity index (χ3v) is 4.53. The fraction of sp³-hybridized carbons (Fsp3) is 0.158. The highest BCUT2D eigenvalue weighted by Gasteiger charge is 2.17. The Morgan fingerprint density at radius 3 is 2.55 bits per heavy atom. The Kier molecular flexibility index (Phi) is 6.10. The van der Waals surface area contributed by atoms with Gasteiger partial charge in [-0.25, -0.2) is 20.1 Å². The Hall–Kier alpha value is -3.43. The van der Waals surface area contributed by atoms with Crippen LogP contribution in [0.1, 0.15) is 15.9 Å². The maximum absolute atomic E-state index is 12.8. The number of hydrogen-bond donors (Lipinski definition) is 3. The molecule has 2 aromatic carbocycles. The molecule has 0 saturated carbocycles. The molecule has 9 nitrogen and oxygen atoms in total. The van der Waals surface area contributed by atoms with Crippen molar-refractivity contribution < 1.29 is 14.7 Å². The topological polar surface area (TPSA) is 132 Å². The molecule has 150 valence electrons. The lowest BCUT2D eigenvalue weighted by atomic mass is 10.1. The molecular weight excluding hydrogens is 398 g/mol. The first-order valence-corrected chi connectivity index (χ1v) is 9.02. The number of amides is 1. The first-order chi connectivity index (χ1) is 13.9. The average molecular weight is 416 g/mol. The summed E-state index contributed by atoms with van der Waals surface area (Å²) in [5.74, 6) is 3.89. The Morgan fingerprint density at radius 1 is 1.17 bits per heavy atom. The summed E-state index contributed by atoms with van der Waals surface area (Å²) in [6.07, 6.45) is 0.399. The number of nitrogens with zero attached hydrogens (tertiary/aromatic N) is 3. The molecule has 0 saturated heterocycles. The van der Waals surface area contributed by atoms with Crippen molar-refractivity contribution in [3.05, 3.63) is 75.2 Å². The van der Waals surface area contributed by atoms with Gasteiger partial charge in [-0.3, -0.25) is 14.8 Å². The van der Waals surface area contributed by atoms with Crippen molar-refractivity contribution in [1.29, 1.82) is 0 Å². The van der Waals surface area contributed by atoms with E-state index in [0.717, 1.165) is 10.2 Å². The fourth-order valence-corrected chi connectivity index (χ4v) is 2.97. The predicted molar refractivity (Wildman–Crippen MR) is 106 cm³/mol. The van der Waals surface area contributed by atoms with Crippen LogP contribution in [0, 0.1) is 0 Å². The summed E-state index contributed by atoms with van der Waals surface area (Å²) in [6.45, 7) is -0.0818. The molecule has 1 aromatic heterocycles. The smallest absolute Gasteiger partial charge is 0.346 e. The molecule has 1 amide bonds. The third-order valence-electron chi connectivity index (χ3n) is 4.28. The number of benzene rings is 2.